The number of aldehydes is 1. The SMILES string of the molecule is COc1ccc(Nc2ncc3nc(Nc4ccccc4F)n([C@H]4CC[C@@H](C=O)CC4)c3n2)cc1. The fraction of sp³-hybridized carbons (Fsp3) is 0.280. The summed E-state index contributed by atoms with van der Waals surface area (Å²) >= 11 is 0. The largest absolute Gasteiger partial charge is 0.497 e. The van der Waals surface area contributed by atoms with E-state index in [1.54, 1.807) is 31.5 Å². The third kappa shape index (κ3) is 4.41. The van der Waals surface area contributed by atoms with Gasteiger partial charge in [-0.2, -0.15) is 4.98 Å². The van der Waals surface area contributed by atoms with E-state index in [-0.39, 0.29) is 17.8 Å². The molecule has 0 spiro atoms. The number of rotatable bonds is 7. The van der Waals surface area contributed by atoms with E-state index in [0.717, 1.165) is 43.4 Å². The van der Waals surface area contributed by atoms with E-state index in [1.165, 1.54) is 6.07 Å². The lowest BCUT2D eigenvalue weighted by Crippen LogP contribution is -2.20. The van der Waals surface area contributed by atoms with Gasteiger partial charge in [0.05, 0.1) is 19.0 Å². The first-order chi connectivity index (χ1) is 16.6. The number of aromatic nitrogens is 4. The first-order valence-electron chi connectivity index (χ1n) is 11.3. The van der Waals surface area contributed by atoms with Crippen LogP contribution >= 0.6 is 0 Å². The molecular weight excluding hydrogens is 435 g/mol. The summed E-state index contributed by atoms with van der Waals surface area (Å²) in [5.74, 6) is 1.41. The maximum absolute atomic E-state index is 14.4. The standard InChI is InChI=1S/C25H25FN6O2/c1-34-19-12-8-17(9-13-19)28-24-27-14-22-23(31-24)32(18-10-6-16(15-33)7-11-18)25(30-22)29-21-5-3-2-4-20(21)26/h2-5,8-9,12-16,18H,6-7,10-11H2,1H3,(H,29,30)(H,27,28,31)/t16-,18+. The van der Waals surface area contributed by atoms with Gasteiger partial charge < -0.3 is 20.2 Å². The Morgan fingerprint density at radius 2 is 1.79 bits per heavy atom. The van der Waals surface area contributed by atoms with Crippen LogP contribution in [0.25, 0.3) is 11.2 Å². The molecule has 1 saturated carbocycles. The minimum absolute atomic E-state index is 0.0796. The van der Waals surface area contributed by atoms with E-state index in [2.05, 4.69) is 20.6 Å². The van der Waals surface area contributed by atoms with Crippen LogP contribution in [0.1, 0.15) is 31.7 Å². The van der Waals surface area contributed by atoms with Crippen molar-refractivity contribution in [3.63, 3.8) is 0 Å². The van der Waals surface area contributed by atoms with Crippen molar-refractivity contribution in [2.75, 3.05) is 17.7 Å². The maximum Gasteiger partial charge on any atom is 0.229 e. The van der Waals surface area contributed by atoms with Crippen LogP contribution in [0.15, 0.2) is 54.7 Å². The summed E-state index contributed by atoms with van der Waals surface area (Å²) in [7, 11) is 1.62. The normalized spacial score (nSPS) is 17.9. The van der Waals surface area contributed by atoms with Crippen LogP contribution in [0.3, 0.4) is 0 Å². The molecule has 0 atom stereocenters. The Hall–Kier alpha value is -4.01. The average molecular weight is 461 g/mol. The lowest BCUT2D eigenvalue weighted by atomic mass is 9.87. The molecular formula is C25H25FN6O2. The highest BCUT2D eigenvalue weighted by molar-refractivity contribution is 5.77. The average Bonchev–Trinajstić information content (AvgIpc) is 3.23. The molecule has 0 amide bonds. The van der Waals surface area contributed by atoms with Gasteiger partial charge in [0.2, 0.25) is 11.9 Å². The Morgan fingerprint density at radius 1 is 1.03 bits per heavy atom. The Morgan fingerprint density at radius 3 is 2.50 bits per heavy atom. The molecule has 1 aliphatic rings. The molecule has 0 unspecified atom stereocenters. The molecule has 2 N–H and O–H groups in total. The molecule has 0 saturated heterocycles. The van der Waals surface area contributed by atoms with E-state index in [1.807, 2.05) is 28.8 Å². The number of ether oxygens (including phenoxy) is 1. The number of para-hydroxylation sites is 1. The summed E-state index contributed by atoms with van der Waals surface area (Å²) in [6, 6.07) is 14.0. The van der Waals surface area contributed by atoms with Crippen molar-refractivity contribution in [1.29, 1.82) is 0 Å². The molecule has 34 heavy (non-hydrogen) atoms. The highest BCUT2D eigenvalue weighted by Crippen LogP contribution is 2.36. The van der Waals surface area contributed by atoms with Crippen molar-refractivity contribution in [2.45, 2.75) is 31.7 Å². The molecule has 2 heterocycles. The number of benzene rings is 2. The number of nitrogens with one attached hydrogen (secondary N) is 2. The van der Waals surface area contributed by atoms with Gasteiger partial charge in [-0.05, 0) is 62.1 Å². The van der Waals surface area contributed by atoms with Crippen molar-refractivity contribution in [3.05, 3.63) is 60.5 Å². The smallest absolute Gasteiger partial charge is 0.229 e. The lowest BCUT2D eigenvalue weighted by Gasteiger charge is -2.28. The van der Waals surface area contributed by atoms with E-state index in [0.29, 0.717) is 28.7 Å². The van der Waals surface area contributed by atoms with Crippen LogP contribution in [0.5, 0.6) is 5.75 Å². The van der Waals surface area contributed by atoms with Crippen LogP contribution in [-0.2, 0) is 4.79 Å². The zero-order chi connectivity index (χ0) is 23.5. The second-order valence-corrected chi connectivity index (χ2v) is 8.37. The highest BCUT2D eigenvalue weighted by Gasteiger charge is 2.27. The summed E-state index contributed by atoms with van der Waals surface area (Å²) in [5.41, 5.74) is 2.42. The maximum atomic E-state index is 14.4. The van der Waals surface area contributed by atoms with Gasteiger partial charge in [-0.1, -0.05) is 12.1 Å². The molecule has 2 aromatic carbocycles. The van der Waals surface area contributed by atoms with Gasteiger partial charge in [0.1, 0.15) is 23.4 Å². The van der Waals surface area contributed by atoms with Gasteiger partial charge in [0.25, 0.3) is 0 Å². The molecule has 5 rings (SSSR count). The first-order valence-corrected chi connectivity index (χ1v) is 11.3. The summed E-state index contributed by atoms with van der Waals surface area (Å²) in [6.07, 6.45) is 5.93. The summed E-state index contributed by atoms with van der Waals surface area (Å²) in [4.78, 5) is 25.1. The third-order valence-electron chi connectivity index (χ3n) is 6.20. The van der Waals surface area contributed by atoms with E-state index in [9.17, 15) is 9.18 Å². The van der Waals surface area contributed by atoms with E-state index < -0.39 is 0 Å². The Labute approximate surface area is 196 Å². The van der Waals surface area contributed by atoms with Crippen molar-refractivity contribution in [2.24, 2.45) is 5.92 Å². The summed E-state index contributed by atoms with van der Waals surface area (Å²) in [5, 5.41) is 6.36. The highest BCUT2D eigenvalue weighted by atomic mass is 19.1. The number of imidazole rings is 1. The zero-order valence-electron chi connectivity index (χ0n) is 18.7. The Kier molecular flexibility index (Phi) is 6.07. The minimum atomic E-state index is -0.362. The van der Waals surface area contributed by atoms with E-state index in [4.69, 9.17) is 9.72 Å². The van der Waals surface area contributed by atoms with Gasteiger partial charge in [-0.25, -0.2) is 14.4 Å². The van der Waals surface area contributed by atoms with E-state index >= 15 is 0 Å². The third-order valence-corrected chi connectivity index (χ3v) is 6.20. The molecule has 0 aliphatic heterocycles. The number of fused-ring (bicyclic) bond motifs is 1. The van der Waals surface area contributed by atoms with Crippen molar-refractivity contribution in [3.8, 4) is 5.75 Å². The molecule has 174 valence electrons. The summed E-state index contributed by atoms with van der Waals surface area (Å²) < 4.78 is 21.6. The van der Waals surface area contributed by atoms with Crippen LogP contribution in [0.2, 0.25) is 0 Å². The van der Waals surface area contributed by atoms with Gasteiger partial charge in [-0.15, -0.1) is 0 Å². The molecule has 0 radical (unpaired) electrons. The minimum Gasteiger partial charge on any atom is -0.497 e. The van der Waals surface area contributed by atoms with Gasteiger partial charge >= 0.3 is 0 Å². The Balaban J connectivity index is 1.52. The molecule has 0 bridgehead atoms. The number of carbonyl (C=O) groups excluding carboxylic acids is 1. The van der Waals surface area contributed by atoms with Crippen molar-refractivity contribution < 1.29 is 13.9 Å². The number of hydrogen-bond donors (Lipinski definition) is 2. The quantitative estimate of drug-likeness (QED) is 0.357. The number of carbonyl (C=O) groups is 1. The number of anilines is 4. The van der Waals surface area contributed by atoms with Crippen molar-refractivity contribution >= 4 is 40.7 Å². The lowest BCUT2D eigenvalue weighted by molar-refractivity contribution is -0.112. The predicted molar refractivity (Wildman–Crippen MR) is 128 cm³/mol. The van der Waals surface area contributed by atoms with Crippen LogP contribution in [0, 0.1) is 11.7 Å². The fourth-order valence-corrected chi connectivity index (χ4v) is 4.37. The molecule has 8 nitrogen and oxygen atoms in total. The van der Waals surface area contributed by atoms with Crippen LogP contribution < -0.4 is 15.4 Å². The topological polar surface area (TPSA) is 94.0 Å². The van der Waals surface area contributed by atoms with Crippen LogP contribution in [-0.4, -0.2) is 32.9 Å². The number of hydrogen-bond acceptors (Lipinski definition) is 7. The monoisotopic (exact) mass is 460 g/mol. The molecule has 9 heteroatoms. The predicted octanol–water partition coefficient (Wildman–Crippen LogP) is 5.39. The second-order valence-electron chi connectivity index (χ2n) is 8.37. The first kappa shape index (κ1) is 21.8. The zero-order valence-corrected chi connectivity index (χ0v) is 18.7. The van der Waals surface area contributed by atoms with Gasteiger partial charge in [0.15, 0.2) is 5.65 Å². The molecule has 2 aromatic heterocycles. The molecule has 1 fully saturated rings. The summed E-state index contributed by atoms with van der Waals surface area (Å²) in [6.45, 7) is 0. The number of halogens is 1. The van der Waals surface area contributed by atoms with Crippen LogP contribution in [0.4, 0.5) is 27.7 Å². The van der Waals surface area contributed by atoms with Gasteiger partial charge in [0, 0.05) is 17.6 Å². The Bertz CT molecular complexity index is 1300. The number of nitrogens with zero attached hydrogens (tertiary/aromatic N) is 4. The van der Waals surface area contributed by atoms with Crippen molar-refractivity contribution in [1.82, 2.24) is 19.5 Å². The fourth-order valence-electron chi connectivity index (χ4n) is 4.37. The molecule has 1 aliphatic carbocycles. The second kappa shape index (κ2) is 9.46. The number of methoxy groups -OCH3 is 1. The molecule has 4 aromatic rings. The van der Waals surface area contributed by atoms with Gasteiger partial charge in [-0.3, -0.25) is 4.57 Å².